The maximum Gasteiger partial charge on any atom is 0.270 e. The van der Waals surface area contributed by atoms with E-state index in [0.29, 0.717) is 0 Å². The van der Waals surface area contributed by atoms with Gasteiger partial charge in [-0.2, -0.15) is 0 Å². The first-order valence-corrected chi connectivity index (χ1v) is 3.51. The monoisotopic (exact) mass is 216 g/mol. The smallest absolute Gasteiger partial charge is 0.270 e. The van der Waals surface area contributed by atoms with Crippen LogP contribution in [0.1, 0.15) is 0 Å². The van der Waals surface area contributed by atoms with E-state index in [1.165, 1.54) is 12.1 Å². The second kappa shape index (κ2) is 2.87. The van der Waals surface area contributed by atoms with Crippen molar-refractivity contribution < 1.29 is 10.0 Å². The molecule has 0 aliphatic carbocycles. The molecule has 0 atom stereocenters. The summed E-state index contributed by atoms with van der Waals surface area (Å²) < 4.78 is 0.215. The van der Waals surface area contributed by atoms with E-state index in [9.17, 15) is 15.2 Å². The molecular weight excluding hydrogens is 214 g/mol. The van der Waals surface area contributed by atoms with Gasteiger partial charge in [-0.25, -0.2) is 0 Å². The van der Waals surface area contributed by atoms with Crippen molar-refractivity contribution in [2.45, 2.75) is 0 Å². The van der Waals surface area contributed by atoms with Crippen LogP contribution in [0.15, 0.2) is 22.7 Å². The Kier molecular flexibility index (Phi) is 2.09. The van der Waals surface area contributed by atoms with Gasteiger partial charge in [0.05, 0.1) is 4.92 Å². The minimum atomic E-state index is -0.551. The molecule has 5 heteroatoms. The lowest BCUT2D eigenvalue weighted by atomic mass is 10.3. The van der Waals surface area contributed by atoms with E-state index in [0.717, 1.165) is 6.07 Å². The molecule has 0 radical (unpaired) electrons. The third-order valence-corrected chi connectivity index (χ3v) is 1.75. The van der Waals surface area contributed by atoms with E-state index in [4.69, 9.17) is 0 Å². The molecule has 0 saturated carbocycles. The Morgan fingerprint density at radius 1 is 1.45 bits per heavy atom. The van der Waals surface area contributed by atoms with Gasteiger partial charge in [-0.15, -0.1) is 0 Å². The van der Waals surface area contributed by atoms with Crippen LogP contribution in [0.25, 0.3) is 0 Å². The van der Waals surface area contributed by atoms with E-state index in [2.05, 4.69) is 15.9 Å². The summed E-state index contributed by atoms with van der Waals surface area (Å²) in [5.74, 6) is -0.254. The standard InChI is InChI=1S/C6H4BrNO3/c7-5-3-4(8(10)11)1-2-6(5)9/h1-3,9H/p-1. The minimum Gasteiger partial charge on any atom is -0.872 e. The molecule has 0 spiro atoms. The molecule has 11 heavy (non-hydrogen) atoms. The summed E-state index contributed by atoms with van der Waals surface area (Å²) in [6.45, 7) is 0. The molecule has 0 amide bonds. The van der Waals surface area contributed by atoms with Crippen LogP contribution >= 0.6 is 15.9 Å². The van der Waals surface area contributed by atoms with E-state index in [1.807, 2.05) is 0 Å². The van der Waals surface area contributed by atoms with Crippen molar-refractivity contribution in [1.29, 1.82) is 0 Å². The molecule has 0 aliphatic heterocycles. The maximum absolute atomic E-state index is 10.7. The van der Waals surface area contributed by atoms with Gasteiger partial charge in [-0.05, 0) is 0 Å². The molecule has 0 aliphatic rings. The van der Waals surface area contributed by atoms with Gasteiger partial charge in [0.15, 0.2) is 0 Å². The molecule has 0 saturated heterocycles. The van der Waals surface area contributed by atoms with E-state index in [1.54, 1.807) is 0 Å². The van der Waals surface area contributed by atoms with Crippen LogP contribution in [0.3, 0.4) is 0 Å². The summed E-state index contributed by atoms with van der Waals surface area (Å²) >= 11 is 2.90. The number of halogens is 1. The number of rotatable bonds is 1. The Balaban J connectivity index is 3.15. The Labute approximate surface area is 70.7 Å². The van der Waals surface area contributed by atoms with Crippen LogP contribution in [0.5, 0.6) is 5.75 Å². The van der Waals surface area contributed by atoms with Crippen molar-refractivity contribution in [2.24, 2.45) is 0 Å². The SMILES string of the molecule is O=[N+]([O-])c1ccc([O-])c(Br)c1. The lowest BCUT2D eigenvalue weighted by Gasteiger charge is -2.05. The number of hydrogen-bond donors (Lipinski definition) is 0. The highest BCUT2D eigenvalue weighted by atomic mass is 79.9. The minimum absolute atomic E-state index is 0.0866. The third kappa shape index (κ3) is 1.68. The summed E-state index contributed by atoms with van der Waals surface area (Å²) in [5.41, 5.74) is -0.0866. The molecule has 0 aromatic heterocycles. The topological polar surface area (TPSA) is 66.2 Å². The number of nitro groups is 1. The first-order valence-electron chi connectivity index (χ1n) is 2.72. The van der Waals surface area contributed by atoms with Crippen LogP contribution in [-0.2, 0) is 0 Å². The van der Waals surface area contributed by atoms with Crippen molar-refractivity contribution in [3.05, 3.63) is 32.8 Å². The van der Waals surface area contributed by atoms with Gasteiger partial charge in [0.2, 0.25) is 0 Å². The van der Waals surface area contributed by atoms with E-state index in [-0.39, 0.29) is 15.9 Å². The number of benzene rings is 1. The highest BCUT2D eigenvalue weighted by Crippen LogP contribution is 2.25. The summed E-state index contributed by atoms with van der Waals surface area (Å²) in [6.07, 6.45) is 0. The Hall–Kier alpha value is -1.10. The van der Waals surface area contributed by atoms with Crippen molar-refractivity contribution in [3.8, 4) is 5.75 Å². The lowest BCUT2D eigenvalue weighted by molar-refractivity contribution is -0.385. The summed E-state index contributed by atoms with van der Waals surface area (Å²) in [4.78, 5) is 9.60. The van der Waals surface area contributed by atoms with E-state index < -0.39 is 4.92 Å². The predicted octanol–water partition coefficient (Wildman–Crippen LogP) is 1.43. The van der Waals surface area contributed by atoms with Crippen molar-refractivity contribution >= 4 is 21.6 Å². The number of non-ortho nitro benzene ring substituents is 1. The average molecular weight is 217 g/mol. The Bertz CT molecular complexity index is 300. The quantitative estimate of drug-likeness (QED) is 0.527. The normalized spacial score (nSPS) is 9.55. The summed E-state index contributed by atoms with van der Waals surface area (Å²) in [7, 11) is 0. The molecule has 4 nitrogen and oxygen atoms in total. The number of nitrogens with zero attached hydrogens (tertiary/aromatic N) is 1. The molecule has 0 unspecified atom stereocenters. The zero-order valence-corrected chi connectivity index (χ0v) is 6.87. The fourth-order valence-electron chi connectivity index (χ4n) is 0.603. The van der Waals surface area contributed by atoms with Gasteiger partial charge in [-0.1, -0.05) is 27.7 Å². The molecule has 0 heterocycles. The van der Waals surface area contributed by atoms with Gasteiger partial charge in [-0.3, -0.25) is 10.1 Å². The Morgan fingerprint density at radius 2 is 2.09 bits per heavy atom. The van der Waals surface area contributed by atoms with Crippen LogP contribution in [-0.4, -0.2) is 4.92 Å². The zero-order chi connectivity index (χ0) is 8.43. The molecule has 1 aromatic rings. The van der Waals surface area contributed by atoms with Crippen LogP contribution in [0, 0.1) is 10.1 Å². The van der Waals surface area contributed by atoms with Crippen LogP contribution < -0.4 is 5.11 Å². The Morgan fingerprint density at radius 3 is 2.55 bits per heavy atom. The molecule has 0 fully saturated rings. The fourth-order valence-corrected chi connectivity index (χ4v) is 0.970. The number of hydrogen-bond acceptors (Lipinski definition) is 3. The summed E-state index contributed by atoms with van der Waals surface area (Å²) in [6, 6.07) is 3.51. The molecule has 58 valence electrons. The van der Waals surface area contributed by atoms with Crippen molar-refractivity contribution in [2.75, 3.05) is 0 Å². The van der Waals surface area contributed by atoms with Gasteiger partial charge >= 0.3 is 0 Å². The first kappa shape index (κ1) is 8.00. The zero-order valence-electron chi connectivity index (χ0n) is 5.28. The van der Waals surface area contributed by atoms with Crippen LogP contribution in [0.2, 0.25) is 0 Å². The fraction of sp³-hybridized carbons (Fsp3) is 0. The molecule has 0 N–H and O–H groups in total. The van der Waals surface area contributed by atoms with Gasteiger partial charge in [0.25, 0.3) is 5.69 Å². The van der Waals surface area contributed by atoms with E-state index >= 15 is 0 Å². The van der Waals surface area contributed by atoms with Crippen LogP contribution in [0.4, 0.5) is 5.69 Å². The van der Waals surface area contributed by atoms with Gasteiger partial charge in [0.1, 0.15) is 0 Å². The maximum atomic E-state index is 10.7. The third-order valence-electron chi connectivity index (χ3n) is 1.13. The highest BCUT2D eigenvalue weighted by molar-refractivity contribution is 9.10. The first-order chi connectivity index (χ1) is 5.11. The average Bonchev–Trinajstić information content (AvgIpc) is 1.94. The molecular formula is C6H3BrNO3-. The summed E-state index contributed by atoms with van der Waals surface area (Å²) in [5, 5.41) is 20.9. The highest BCUT2D eigenvalue weighted by Gasteiger charge is 2.03. The largest absolute Gasteiger partial charge is 0.872 e. The van der Waals surface area contributed by atoms with Gasteiger partial charge < -0.3 is 5.11 Å². The van der Waals surface area contributed by atoms with Crippen molar-refractivity contribution in [3.63, 3.8) is 0 Å². The van der Waals surface area contributed by atoms with Gasteiger partial charge in [0, 0.05) is 16.6 Å². The second-order valence-electron chi connectivity index (χ2n) is 1.87. The second-order valence-corrected chi connectivity index (χ2v) is 2.73. The molecule has 1 rings (SSSR count). The molecule has 1 aromatic carbocycles. The molecule has 0 bridgehead atoms. The lowest BCUT2D eigenvalue weighted by Crippen LogP contribution is -1.92. The number of nitro benzene ring substituents is 1. The predicted molar refractivity (Wildman–Crippen MR) is 40.2 cm³/mol. The van der Waals surface area contributed by atoms with Crippen molar-refractivity contribution in [1.82, 2.24) is 0 Å².